The smallest absolute Gasteiger partial charge is 0.227 e. The van der Waals surface area contributed by atoms with Crippen LogP contribution in [0.5, 0.6) is 5.75 Å². The minimum atomic E-state index is -3.27. The van der Waals surface area contributed by atoms with Gasteiger partial charge < -0.3 is 4.74 Å². The maximum atomic E-state index is 12.4. The molecule has 0 saturated heterocycles. The molecule has 0 radical (unpaired) electrons. The topological polar surface area (TPSA) is 77.2 Å². The molecule has 0 aliphatic rings. The van der Waals surface area contributed by atoms with Gasteiger partial charge in [0.05, 0.1) is 10.6 Å². The van der Waals surface area contributed by atoms with Gasteiger partial charge >= 0.3 is 0 Å². The number of benzene rings is 1. The molecule has 6 nitrogen and oxygen atoms in total. The number of ether oxygens (including phenoxy) is 1. The van der Waals surface area contributed by atoms with E-state index < -0.39 is 9.84 Å². The molecule has 0 unspecified atom stereocenters. The Hall–Kier alpha value is -3.06. The lowest BCUT2D eigenvalue weighted by Crippen LogP contribution is -2.37. The van der Waals surface area contributed by atoms with E-state index in [9.17, 15) is 13.2 Å². The van der Waals surface area contributed by atoms with Crippen LogP contribution >= 0.6 is 0 Å². The minimum absolute atomic E-state index is 0.109. The van der Waals surface area contributed by atoms with Crippen molar-refractivity contribution >= 4 is 15.6 Å². The largest absolute Gasteiger partial charge is 0.487 e. The number of carbonyl (C=O) groups is 1. The van der Waals surface area contributed by atoms with Crippen molar-refractivity contribution < 1.29 is 22.5 Å². The molecule has 0 N–H and O–H groups in total. The fraction of sp³-hybridized carbons (Fsp3) is 0.190. The standard InChI is InChI=1S/C21H21N2O4S/c1-16-4-3-5-18(22-16)15-27-19-10-12-23(13-11-19)14-21(24)17-6-8-20(9-7-17)28(2,25)26/h3-13H,14-15H2,1-2H3/q+1. The molecule has 0 spiro atoms. The van der Waals surface area contributed by atoms with E-state index in [1.165, 1.54) is 24.3 Å². The zero-order valence-corrected chi connectivity index (χ0v) is 16.5. The summed E-state index contributed by atoms with van der Waals surface area (Å²) in [4.78, 5) is 17.0. The Morgan fingerprint density at radius 2 is 1.71 bits per heavy atom. The monoisotopic (exact) mass is 397 g/mol. The van der Waals surface area contributed by atoms with Gasteiger partial charge in [-0.1, -0.05) is 6.07 Å². The highest BCUT2D eigenvalue weighted by molar-refractivity contribution is 7.90. The molecule has 3 rings (SSSR count). The quantitative estimate of drug-likeness (QED) is 0.452. The molecule has 28 heavy (non-hydrogen) atoms. The number of Topliss-reactive ketones (excluding diaryl/α,β-unsaturated/α-hetero) is 1. The van der Waals surface area contributed by atoms with E-state index >= 15 is 0 Å². The third-order valence-corrected chi connectivity index (χ3v) is 5.25. The third kappa shape index (κ3) is 5.23. The third-order valence-electron chi connectivity index (χ3n) is 4.12. The lowest BCUT2D eigenvalue weighted by atomic mass is 10.1. The molecule has 3 aromatic rings. The van der Waals surface area contributed by atoms with Gasteiger partial charge in [0.25, 0.3) is 0 Å². The highest BCUT2D eigenvalue weighted by Gasteiger charge is 2.14. The predicted molar refractivity (Wildman–Crippen MR) is 104 cm³/mol. The number of aryl methyl sites for hydroxylation is 1. The first kappa shape index (κ1) is 19.7. The van der Waals surface area contributed by atoms with E-state index in [-0.39, 0.29) is 17.2 Å². The molecular formula is C21H21N2O4S+. The molecule has 0 saturated carbocycles. The molecule has 2 aromatic heterocycles. The van der Waals surface area contributed by atoms with Gasteiger partial charge in [0.2, 0.25) is 12.3 Å². The van der Waals surface area contributed by atoms with E-state index in [2.05, 4.69) is 4.98 Å². The summed E-state index contributed by atoms with van der Waals surface area (Å²) in [5.74, 6) is 0.576. The number of aromatic nitrogens is 2. The number of nitrogens with zero attached hydrogens (tertiary/aromatic N) is 2. The zero-order chi connectivity index (χ0) is 20.1. The summed E-state index contributed by atoms with van der Waals surface area (Å²) in [6, 6.07) is 15.3. The highest BCUT2D eigenvalue weighted by Crippen LogP contribution is 2.12. The first-order chi connectivity index (χ1) is 13.3. The van der Waals surface area contributed by atoms with E-state index in [1.807, 2.05) is 25.1 Å². The summed E-state index contributed by atoms with van der Waals surface area (Å²) in [5.41, 5.74) is 2.25. The summed E-state index contributed by atoms with van der Waals surface area (Å²) in [6.45, 7) is 2.45. The van der Waals surface area contributed by atoms with Crippen molar-refractivity contribution in [1.29, 1.82) is 0 Å². The van der Waals surface area contributed by atoms with E-state index in [4.69, 9.17) is 4.74 Å². The molecule has 0 aliphatic heterocycles. The maximum Gasteiger partial charge on any atom is 0.227 e. The Kier molecular flexibility index (Phi) is 5.84. The molecule has 7 heteroatoms. The van der Waals surface area contributed by atoms with Crippen molar-refractivity contribution in [3.05, 3.63) is 83.9 Å². The number of hydrogen-bond acceptors (Lipinski definition) is 5. The van der Waals surface area contributed by atoms with Crippen LogP contribution < -0.4 is 9.30 Å². The average molecular weight is 397 g/mol. The van der Waals surface area contributed by atoms with Gasteiger partial charge in [-0.2, -0.15) is 4.57 Å². The normalized spacial score (nSPS) is 11.2. The van der Waals surface area contributed by atoms with Gasteiger partial charge in [-0.05, 0) is 43.3 Å². The van der Waals surface area contributed by atoms with Gasteiger partial charge in [0.15, 0.2) is 22.2 Å². The number of ketones is 1. The zero-order valence-electron chi connectivity index (χ0n) is 15.7. The molecule has 2 heterocycles. The molecule has 0 amide bonds. The lowest BCUT2D eigenvalue weighted by molar-refractivity contribution is -0.683. The van der Waals surface area contributed by atoms with Crippen LogP contribution in [0.2, 0.25) is 0 Å². The molecule has 1 aromatic carbocycles. The Bertz CT molecular complexity index is 1080. The molecule has 0 fully saturated rings. The van der Waals surface area contributed by atoms with Crippen molar-refractivity contribution in [3.63, 3.8) is 0 Å². The van der Waals surface area contributed by atoms with Crippen LogP contribution in [0.4, 0.5) is 0 Å². The van der Waals surface area contributed by atoms with Crippen LogP contribution in [-0.4, -0.2) is 25.4 Å². The van der Waals surface area contributed by atoms with E-state index in [0.717, 1.165) is 17.6 Å². The Labute approximate surface area is 164 Å². The van der Waals surface area contributed by atoms with Crippen molar-refractivity contribution in [2.75, 3.05) is 6.26 Å². The molecule has 0 aliphatic carbocycles. The Balaban J connectivity index is 1.59. The molecule has 0 bridgehead atoms. The van der Waals surface area contributed by atoms with E-state index in [1.54, 1.807) is 29.1 Å². The number of carbonyl (C=O) groups excluding carboxylic acids is 1. The lowest BCUT2D eigenvalue weighted by Gasteiger charge is -2.05. The summed E-state index contributed by atoms with van der Waals surface area (Å²) in [6.07, 6.45) is 4.67. The minimum Gasteiger partial charge on any atom is -0.487 e. The van der Waals surface area contributed by atoms with Gasteiger partial charge in [-0.15, -0.1) is 0 Å². The molecular weight excluding hydrogens is 376 g/mol. The number of hydrogen-bond donors (Lipinski definition) is 0. The van der Waals surface area contributed by atoms with E-state index in [0.29, 0.717) is 17.9 Å². The van der Waals surface area contributed by atoms with Crippen LogP contribution in [0.1, 0.15) is 21.7 Å². The first-order valence-corrected chi connectivity index (χ1v) is 10.6. The summed E-state index contributed by atoms with van der Waals surface area (Å²) in [5, 5.41) is 0. The second kappa shape index (κ2) is 8.31. The number of sulfone groups is 1. The summed E-state index contributed by atoms with van der Waals surface area (Å²) >= 11 is 0. The summed E-state index contributed by atoms with van der Waals surface area (Å²) < 4.78 is 30.4. The molecule has 144 valence electrons. The average Bonchev–Trinajstić information content (AvgIpc) is 2.67. The predicted octanol–water partition coefficient (Wildman–Crippen LogP) is 2.54. The fourth-order valence-electron chi connectivity index (χ4n) is 2.63. The Morgan fingerprint density at radius 3 is 2.32 bits per heavy atom. The van der Waals surface area contributed by atoms with Gasteiger partial charge in [-0.3, -0.25) is 9.78 Å². The van der Waals surface area contributed by atoms with Crippen molar-refractivity contribution in [3.8, 4) is 5.75 Å². The summed E-state index contributed by atoms with van der Waals surface area (Å²) in [7, 11) is -3.27. The van der Waals surface area contributed by atoms with Crippen molar-refractivity contribution in [2.45, 2.75) is 25.0 Å². The number of rotatable bonds is 7. The van der Waals surface area contributed by atoms with Crippen LogP contribution in [0, 0.1) is 6.92 Å². The van der Waals surface area contributed by atoms with Crippen LogP contribution in [0.3, 0.4) is 0 Å². The van der Waals surface area contributed by atoms with Crippen LogP contribution in [0.25, 0.3) is 0 Å². The maximum absolute atomic E-state index is 12.4. The fourth-order valence-corrected chi connectivity index (χ4v) is 3.26. The van der Waals surface area contributed by atoms with Gasteiger partial charge in [0, 0.05) is 29.6 Å². The highest BCUT2D eigenvalue weighted by atomic mass is 32.2. The van der Waals surface area contributed by atoms with Crippen molar-refractivity contribution in [2.24, 2.45) is 0 Å². The Morgan fingerprint density at radius 1 is 1.04 bits per heavy atom. The van der Waals surface area contributed by atoms with Crippen LogP contribution in [0.15, 0.2) is 71.9 Å². The second-order valence-corrected chi connectivity index (χ2v) is 8.50. The SMILES string of the molecule is Cc1cccc(COc2cc[n+](CC(=O)c3ccc(S(C)(=O)=O)cc3)cc2)n1. The van der Waals surface area contributed by atoms with Crippen molar-refractivity contribution in [1.82, 2.24) is 4.98 Å². The van der Waals surface area contributed by atoms with Gasteiger partial charge in [-0.25, -0.2) is 8.42 Å². The van der Waals surface area contributed by atoms with Crippen LogP contribution in [-0.2, 0) is 23.0 Å². The second-order valence-electron chi connectivity index (χ2n) is 6.48. The molecule has 0 atom stereocenters. The number of pyridine rings is 2. The first-order valence-electron chi connectivity index (χ1n) is 8.69. The van der Waals surface area contributed by atoms with Gasteiger partial charge in [0.1, 0.15) is 12.4 Å².